The highest BCUT2D eigenvalue weighted by Crippen LogP contribution is 2.44. The van der Waals surface area contributed by atoms with E-state index in [0.29, 0.717) is 18.5 Å². The molecule has 1 aromatic carbocycles. The van der Waals surface area contributed by atoms with Gasteiger partial charge in [-0.1, -0.05) is 6.07 Å². The molecule has 0 aliphatic carbocycles. The van der Waals surface area contributed by atoms with Crippen molar-refractivity contribution < 1.29 is 13.2 Å². The molecule has 3 unspecified atom stereocenters. The summed E-state index contributed by atoms with van der Waals surface area (Å²) in [7, 11) is -1.43. The van der Waals surface area contributed by atoms with Crippen molar-refractivity contribution in [3.63, 3.8) is 0 Å². The van der Waals surface area contributed by atoms with Crippen LogP contribution in [0.4, 0.5) is 0 Å². The van der Waals surface area contributed by atoms with Gasteiger partial charge in [0.15, 0.2) is 0 Å². The van der Waals surface area contributed by atoms with E-state index in [1.54, 1.807) is 11.4 Å². The molecule has 0 amide bonds. The monoisotopic (exact) mass is 350 g/mol. The molecule has 1 aromatic rings. The maximum Gasteiger partial charge on any atom is 0.211 e. The maximum absolute atomic E-state index is 12.2. The summed E-state index contributed by atoms with van der Waals surface area (Å²) in [6.45, 7) is 2.77. The van der Waals surface area contributed by atoms with Crippen molar-refractivity contribution in [3.8, 4) is 5.75 Å². The molecule has 3 atom stereocenters. The van der Waals surface area contributed by atoms with Gasteiger partial charge in [0.1, 0.15) is 5.75 Å². The van der Waals surface area contributed by atoms with Crippen LogP contribution in [-0.2, 0) is 16.4 Å². The SMILES string of the molecule is COc1ccc2c(c1)C1CC3C(CCCN3S(C)(=O)=O)CN1CC2. The largest absolute Gasteiger partial charge is 0.497 e. The molecule has 0 bridgehead atoms. The fraction of sp³-hybridized carbons (Fsp3) is 0.667. The number of fused-ring (bicyclic) bond motifs is 4. The van der Waals surface area contributed by atoms with E-state index < -0.39 is 10.0 Å². The first kappa shape index (κ1) is 16.4. The number of methoxy groups -OCH3 is 1. The summed E-state index contributed by atoms with van der Waals surface area (Å²) >= 11 is 0. The van der Waals surface area contributed by atoms with E-state index in [-0.39, 0.29) is 6.04 Å². The van der Waals surface area contributed by atoms with Crippen LogP contribution < -0.4 is 4.74 Å². The second kappa shape index (κ2) is 6.00. The van der Waals surface area contributed by atoms with Gasteiger partial charge in [-0.15, -0.1) is 0 Å². The molecule has 3 aliphatic rings. The first-order valence-corrected chi connectivity index (χ1v) is 10.7. The van der Waals surface area contributed by atoms with Crippen LogP contribution in [0.25, 0.3) is 0 Å². The smallest absolute Gasteiger partial charge is 0.211 e. The minimum atomic E-state index is -3.13. The van der Waals surface area contributed by atoms with E-state index in [9.17, 15) is 8.42 Å². The molecule has 0 spiro atoms. The Bertz CT molecular complexity index is 734. The van der Waals surface area contributed by atoms with Gasteiger partial charge in [0.05, 0.1) is 13.4 Å². The van der Waals surface area contributed by atoms with Gasteiger partial charge in [0, 0.05) is 31.7 Å². The lowest BCUT2D eigenvalue weighted by atomic mass is 9.77. The van der Waals surface area contributed by atoms with Crippen LogP contribution in [0.2, 0.25) is 0 Å². The molecule has 0 aromatic heterocycles. The quantitative estimate of drug-likeness (QED) is 0.819. The Morgan fingerprint density at radius 3 is 2.83 bits per heavy atom. The van der Waals surface area contributed by atoms with Gasteiger partial charge in [-0.3, -0.25) is 4.90 Å². The molecule has 132 valence electrons. The number of rotatable bonds is 2. The predicted octanol–water partition coefficient (Wildman–Crippen LogP) is 2.04. The molecular weight excluding hydrogens is 324 g/mol. The molecule has 6 heteroatoms. The third kappa shape index (κ3) is 2.74. The fourth-order valence-corrected chi connectivity index (χ4v) is 6.13. The van der Waals surface area contributed by atoms with Crippen LogP contribution in [0.1, 0.15) is 36.4 Å². The molecule has 3 aliphatic heterocycles. The third-order valence-corrected chi connectivity index (χ3v) is 7.35. The second-order valence-electron chi connectivity index (χ2n) is 7.40. The number of sulfonamides is 1. The summed E-state index contributed by atoms with van der Waals surface area (Å²) < 4.78 is 31.7. The van der Waals surface area contributed by atoms with Crippen LogP contribution in [0.15, 0.2) is 18.2 Å². The van der Waals surface area contributed by atoms with Crippen LogP contribution in [0.5, 0.6) is 5.75 Å². The van der Waals surface area contributed by atoms with Gasteiger partial charge >= 0.3 is 0 Å². The average molecular weight is 350 g/mol. The predicted molar refractivity (Wildman–Crippen MR) is 93.7 cm³/mol. The van der Waals surface area contributed by atoms with E-state index in [2.05, 4.69) is 17.0 Å². The van der Waals surface area contributed by atoms with Crippen LogP contribution in [-0.4, -0.2) is 56.7 Å². The summed E-state index contributed by atoms with van der Waals surface area (Å²) in [5, 5.41) is 0. The Morgan fingerprint density at radius 2 is 2.08 bits per heavy atom. The first-order valence-electron chi connectivity index (χ1n) is 8.85. The summed E-state index contributed by atoms with van der Waals surface area (Å²) in [4.78, 5) is 2.56. The van der Waals surface area contributed by atoms with Crippen molar-refractivity contribution >= 4 is 10.0 Å². The fourth-order valence-electron chi connectivity index (χ4n) is 4.92. The van der Waals surface area contributed by atoms with Crippen molar-refractivity contribution in [2.24, 2.45) is 5.92 Å². The Hall–Kier alpha value is -1.11. The van der Waals surface area contributed by atoms with Gasteiger partial charge in [-0.05, 0) is 54.9 Å². The molecule has 2 saturated heterocycles. The molecule has 0 N–H and O–H groups in total. The maximum atomic E-state index is 12.2. The standard InChI is InChI=1S/C18H26N2O3S/c1-23-15-6-5-13-7-9-19-12-14-4-3-8-20(24(2,21)22)17(14)11-18(19)16(13)10-15/h5-6,10,14,17-18H,3-4,7-9,11-12H2,1-2H3. The van der Waals surface area contributed by atoms with Crippen LogP contribution in [0.3, 0.4) is 0 Å². The Labute approximate surface area is 144 Å². The number of benzene rings is 1. The van der Waals surface area contributed by atoms with Gasteiger partial charge in [0.2, 0.25) is 10.0 Å². The van der Waals surface area contributed by atoms with E-state index in [1.807, 2.05) is 6.07 Å². The molecule has 4 rings (SSSR count). The van der Waals surface area contributed by atoms with Gasteiger partial charge in [-0.2, -0.15) is 4.31 Å². The highest BCUT2D eigenvalue weighted by molar-refractivity contribution is 7.88. The number of hydrogen-bond acceptors (Lipinski definition) is 4. The molecule has 2 fully saturated rings. The van der Waals surface area contributed by atoms with Crippen LogP contribution in [0, 0.1) is 5.92 Å². The Kier molecular flexibility index (Phi) is 4.09. The van der Waals surface area contributed by atoms with Crippen molar-refractivity contribution in [1.29, 1.82) is 0 Å². The van der Waals surface area contributed by atoms with E-state index in [0.717, 1.165) is 44.5 Å². The minimum absolute atomic E-state index is 0.146. The molecule has 0 radical (unpaired) electrons. The number of piperidine rings is 2. The highest BCUT2D eigenvalue weighted by atomic mass is 32.2. The van der Waals surface area contributed by atoms with E-state index >= 15 is 0 Å². The molecule has 5 nitrogen and oxygen atoms in total. The summed E-state index contributed by atoms with van der Waals surface area (Å²) in [5.41, 5.74) is 2.72. The Morgan fingerprint density at radius 1 is 1.25 bits per heavy atom. The van der Waals surface area contributed by atoms with Crippen molar-refractivity contribution in [2.45, 2.75) is 37.8 Å². The Balaban J connectivity index is 1.68. The van der Waals surface area contributed by atoms with Crippen LogP contribution >= 0.6 is 0 Å². The zero-order valence-electron chi connectivity index (χ0n) is 14.4. The third-order valence-electron chi connectivity index (χ3n) is 6.05. The van der Waals surface area contributed by atoms with Gasteiger partial charge in [-0.25, -0.2) is 8.42 Å². The summed E-state index contributed by atoms with van der Waals surface area (Å²) in [6, 6.07) is 6.82. The number of hydrogen-bond donors (Lipinski definition) is 0. The average Bonchev–Trinajstić information content (AvgIpc) is 2.58. The molecular formula is C18H26N2O3S. The lowest BCUT2D eigenvalue weighted by Gasteiger charge is -2.51. The second-order valence-corrected chi connectivity index (χ2v) is 9.34. The van der Waals surface area contributed by atoms with E-state index in [1.165, 1.54) is 17.4 Å². The lowest BCUT2D eigenvalue weighted by Crippen LogP contribution is -2.57. The number of nitrogens with zero attached hydrogens (tertiary/aromatic N) is 2. The normalized spacial score (nSPS) is 31.0. The topological polar surface area (TPSA) is 49.9 Å². The molecule has 0 saturated carbocycles. The molecule has 24 heavy (non-hydrogen) atoms. The highest BCUT2D eigenvalue weighted by Gasteiger charge is 2.44. The number of ether oxygens (including phenoxy) is 1. The summed E-state index contributed by atoms with van der Waals surface area (Å²) in [5.74, 6) is 1.36. The van der Waals surface area contributed by atoms with Crippen molar-refractivity contribution in [2.75, 3.05) is 33.0 Å². The van der Waals surface area contributed by atoms with Crippen molar-refractivity contribution in [1.82, 2.24) is 9.21 Å². The van der Waals surface area contributed by atoms with Gasteiger partial charge < -0.3 is 4.74 Å². The molecule has 3 heterocycles. The van der Waals surface area contributed by atoms with Gasteiger partial charge in [0.25, 0.3) is 0 Å². The van der Waals surface area contributed by atoms with E-state index in [4.69, 9.17) is 4.74 Å². The van der Waals surface area contributed by atoms with Crippen molar-refractivity contribution in [3.05, 3.63) is 29.3 Å². The zero-order chi connectivity index (χ0) is 16.9. The minimum Gasteiger partial charge on any atom is -0.497 e. The zero-order valence-corrected chi connectivity index (χ0v) is 15.3. The lowest BCUT2D eigenvalue weighted by molar-refractivity contribution is 0.0221. The summed E-state index contributed by atoms with van der Waals surface area (Å²) in [6.07, 6.45) is 5.46. The first-order chi connectivity index (χ1) is 11.5.